The molecule has 1 fully saturated rings. The monoisotopic (exact) mass is 258 g/mol. The molecule has 0 saturated heterocycles. The lowest BCUT2D eigenvalue weighted by Gasteiger charge is -2.25. The fourth-order valence-electron chi connectivity index (χ4n) is 2.78. The van der Waals surface area contributed by atoms with Crippen LogP contribution in [0, 0.1) is 0 Å². The van der Waals surface area contributed by atoms with Gasteiger partial charge in [0.2, 0.25) is 0 Å². The van der Waals surface area contributed by atoms with Gasteiger partial charge in [0.15, 0.2) is 0 Å². The number of carbonyl (C=O) groups is 1. The number of hydrogen-bond donors (Lipinski definition) is 2. The van der Waals surface area contributed by atoms with Gasteiger partial charge in [-0.1, -0.05) is 19.3 Å². The maximum atomic E-state index is 11.6. The molecule has 100 valence electrons. The van der Waals surface area contributed by atoms with Gasteiger partial charge in [-0.05, 0) is 25.0 Å². The molecule has 2 aromatic heterocycles. The Morgan fingerprint density at radius 3 is 2.89 bits per heavy atom. The summed E-state index contributed by atoms with van der Waals surface area (Å²) in [5, 5.41) is 7.69. The molecule has 3 rings (SSSR count). The summed E-state index contributed by atoms with van der Waals surface area (Å²) in [6.07, 6.45) is 9.49. The van der Waals surface area contributed by atoms with Gasteiger partial charge >= 0.3 is 0 Å². The van der Waals surface area contributed by atoms with Crippen LogP contribution < -0.4 is 11.1 Å². The van der Waals surface area contributed by atoms with E-state index < -0.39 is 5.91 Å². The number of nitrogens with zero attached hydrogens (tertiary/aromatic N) is 2. The highest BCUT2D eigenvalue weighted by molar-refractivity contribution is 6.01. The van der Waals surface area contributed by atoms with Crippen molar-refractivity contribution in [2.75, 3.05) is 5.32 Å². The molecule has 5 nitrogen and oxygen atoms in total. The first-order chi connectivity index (χ1) is 9.25. The topological polar surface area (TPSA) is 72.4 Å². The maximum Gasteiger partial charge on any atom is 0.252 e. The molecule has 0 unspecified atom stereocenters. The Bertz CT molecular complexity index is 599. The van der Waals surface area contributed by atoms with Crippen LogP contribution in [0.1, 0.15) is 42.5 Å². The second-order valence-corrected chi connectivity index (χ2v) is 5.11. The van der Waals surface area contributed by atoms with E-state index >= 15 is 0 Å². The first-order valence-corrected chi connectivity index (χ1v) is 6.78. The van der Waals surface area contributed by atoms with E-state index in [0.717, 1.165) is 24.0 Å². The highest BCUT2D eigenvalue weighted by Crippen LogP contribution is 2.26. The van der Waals surface area contributed by atoms with Gasteiger partial charge < -0.3 is 11.1 Å². The largest absolute Gasteiger partial charge is 0.380 e. The van der Waals surface area contributed by atoms with Crippen molar-refractivity contribution in [3.63, 3.8) is 0 Å². The molecular formula is C14H18N4O. The summed E-state index contributed by atoms with van der Waals surface area (Å²) >= 11 is 0. The van der Waals surface area contributed by atoms with Crippen molar-refractivity contribution in [3.8, 4) is 0 Å². The lowest BCUT2D eigenvalue weighted by atomic mass is 9.95. The lowest BCUT2D eigenvalue weighted by molar-refractivity contribution is 0.100. The zero-order valence-corrected chi connectivity index (χ0v) is 10.8. The van der Waals surface area contributed by atoms with Crippen molar-refractivity contribution in [2.45, 2.75) is 38.1 Å². The molecule has 1 aliphatic carbocycles. The third-order valence-corrected chi connectivity index (χ3v) is 3.78. The van der Waals surface area contributed by atoms with Crippen molar-refractivity contribution in [1.29, 1.82) is 0 Å². The normalized spacial score (nSPS) is 16.6. The standard InChI is InChI=1S/C14H18N4O/c15-14(19)11-9-16-18-8-4-7-12(18)13(11)17-10-5-2-1-3-6-10/h4,7-10,17H,1-3,5-6H2,(H2,15,19). The number of carbonyl (C=O) groups excluding carboxylic acids is 1. The van der Waals surface area contributed by atoms with Crippen LogP contribution in [0.5, 0.6) is 0 Å². The van der Waals surface area contributed by atoms with Gasteiger partial charge in [0.1, 0.15) is 0 Å². The molecule has 0 aromatic carbocycles. The van der Waals surface area contributed by atoms with Crippen molar-refractivity contribution in [1.82, 2.24) is 9.61 Å². The Kier molecular flexibility index (Phi) is 3.11. The van der Waals surface area contributed by atoms with Crippen molar-refractivity contribution >= 4 is 17.1 Å². The second kappa shape index (κ2) is 4.91. The highest BCUT2D eigenvalue weighted by Gasteiger charge is 2.18. The molecule has 0 radical (unpaired) electrons. The first-order valence-electron chi connectivity index (χ1n) is 6.78. The van der Waals surface area contributed by atoms with Crippen molar-refractivity contribution < 1.29 is 4.79 Å². The SMILES string of the molecule is NC(=O)c1cnn2cccc2c1NC1CCCCC1. The highest BCUT2D eigenvalue weighted by atomic mass is 16.1. The number of aromatic nitrogens is 2. The third kappa shape index (κ3) is 2.28. The minimum atomic E-state index is -0.436. The third-order valence-electron chi connectivity index (χ3n) is 3.78. The van der Waals surface area contributed by atoms with Gasteiger partial charge in [-0.2, -0.15) is 5.10 Å². The van der Waals surface area contributed by atoms with E-state index in [9.17, 15) is 4.79 Å². The smallest absolute Gasteiger partial charge is 0.252 e. The Morgan fingerprint density at radius 1 is 1.37 bits per heavy atom. The second-order valence-electron chi connectivity index (χ2n) is 5.11. The summed E-state index contributed by atoms with van der Waals surface area (Å²) in [5.41, 5.74) is 7.64. The Morgan fingerprint density at radius 2 is 2.16 bits per heavy atom. The fourth-order valence-corrected chi connectivity index (χ4v) is 2.78. The molecule has 0 aliphatic heterocycles. The molecule has 2 heterocycles. The van der Waals surface area contributed by atoms with E-state index in [2.05, 4.69) is 10.4 Å². The number of nitrogens with two attached hydrogens (primary N) is 1. The Hall–Kier alpha value is -2.04. The summed E-state index contributed by atoms with van der Waals surface area (Å²) < 4.78 is 1.76. The Balaban J connectivity index is 2.00. The van der Waals surface area contributed by atoms with Gasteiger partial charge in [0, 0.05) is 12.2 Å². The fraction of sp³-hybridized carbons (Fsp3) is 0.429. The van der Waals surface area contributed by atoms with E-state index in [1.165, 1.54) is 19.3 Å². The van der Waals surface area contributed by atoms with E-state index in [-0.39, 0.29) is 0 Å². The molecule has 1 saturated carbocycles. The number of anilines is 1. The van der Waals surface area contributed by atoms with Gasteiger partial charge in [-0.25, -0.2) is 4.52 Å². The summed E-state index contributed by atoms with van der Waals surface area (Å²) in [5.74, 6) is -0.436. The van der Waals surface area contributed by atoms with Crippen LogP contribution in [0.3, 0.4) is 0 Å². The van der Waals surface area contributed by atoms with Gasteiger partial charge in [0.05, 0.1) is 23.0 Å². The van der Waals surface area contributed by atoms with Crippen LogP contribution in [0.15, 0.2) is 24.5 Å². The Labute approximate surface area is 111 Å². The summed E-state index contributed by atoms with van der Waals surface area (Å²) in [4.78, 5) is 11.6. The van der Waals surface area contributed by atoms with E-state index in [4.69, 9.17) is 5.73 Å². The number of primary amides is 1. The molecule has 2 aromatic rings. The average molecular weight is 258 g/mol. The molecule has 0 bridgehead atoms. The zero-order chi connectivity index (χ0) is 13.2. The molecule has 1 amide bonds. The summed E-state index contributed by atoms with van der Waals surface area (Å²) in [6, 6.07) is 4.29. The van der Waals surface area contributed by atoms with Crippen LogP contribution in [-0.2, 0) is 0 Å². The van der Waals surface area contributed by atoms with Crippen LogP contribution in [0.2, 0.25) is 0 Å². The van der Waals surface area contributed by atoms with Crippen LogP contribution in [-0.4, -0.2) is 21.6 Å². The number of hydrogen-bond acceptors (Lipinski definition) is 3. The van der Waals surface area contributed by atoms with Crippen molar-refractivity contribution in [3.05, 3.63) is 30.1 Å². The molecule has 0 atom stereocenters. The predicted octanol–water partition coefficient (Wildman–Crippen LogP) is 2.18. The van der Waals surface area contributed by atoms with Crippen LogP contribution >= 0.6 is 0 Å². The lowest BCUT2D eigenvalue weighted by Crippen LogP contribution is -2.25. The van der Waals surface area contributed by atoms with Gasteiger partial charge in [-0.3, -0.25) is 4.79 Å². The van der Waals surface area contributed by atoms with E-state index in [0.29, 0.717) is 11.6 Å². The summed E-state index contributed by atoms with van der Waals surface area (Å²) in [6.45, 7) is 0. The molecule has 19 heavy (non-hydrogen) atoms. The summed E-state index contributed by atoms with van der Waals surface area (Å²) in [7, 11) is 0. The van der Waals surface area contributed by atoms with Crippen molar-refractivity contribution in [2.24, 2.45) is 5.73 Å². The van der Waals surface area contributed by atoms with Gasteiger partial charge in [0.25, 0.3) is 5.91 Å². The molecular weight excluding hydrogens is 240 g/mol. The number of fused-ring (bicyclic) bond motifs is 1. The van der Waals surface area contributed by atoms with Crippen LogP contribution in [0.25, 0.3) is 5.52 Å². The number of amides is 1. The van der Waals surface area contributed by atoms with Gasteiger partial charge in [-0.15, -0.1) is 0 Å². The van der Waals surface area contributed by atoms with E-state index in [1.54, 1.807) is 10.7 Å². The molecule has 0 spiro atoms. The minimum absolute atomic E-state index is 0.424. The maximum absolute atomic E-state index is 11.6. The van der Waals surface area contributed by atoms with Crippen LogP contribution in [0.4, 0.5) is 5.69 Å². The molecule has 1 aliphatic rings. The number of rotatable bonds is 3. The number of nitrogens with one attached hydrogen (secondary N) is 1. The molecule has 3 N–H and O–H groups in total. The first kappa shape index (κ1) is 12.0. The quantitative estimate of drug-likeness (QED) is 0.886. The average Bonchev–Trinajstić information content (AvgIpc) is 2.88. The minimum Gasteiger partial charge on any atom is -0.380 e. The predicted molar refractivity (Wildman–Crippen MR) is 74.2 cm³/mol. The zero-order valence-electron chi connectivity index (χ0n) is 10.8. The molecule has 5 heteroatoms. The van der Waals surface area contributed by atoms with E-state index in [1.807, 2.05) is 18.3 Å².